The fourth-order valence-electron chi connectivity index (χ4n) is 2.97. The van der Waals surface area contributed by atoms with Crippen molar-refractivity contribution in [3.05, 3.63) is 0 Å². The SMILES string of the molecule is CCCN(CC(=O)O)C(C)C(=O)N(C)C1CCCCC1. The third kappa shape index (κ3) is 4.78. The number of rotatable bonds is 7. The van der Waals surface area contributed by atoms with Gasteiger partial charge in [0.2, 0.25) is 5.91 Å². The molecule has 0 spiro atoms. The van der Waals surface area contributed by atoms with Crippen LogP contribution in [0, 0.1) is 0 Å². The minimum absolute atomic E-state index is 0.0478. The fraction of sp³-hybridized carbons (Fsp3) is 0.867. The van der Waals surface area contributed by atoms with E-state index in [-0.39, 0.29) is 18.5 Å². The van der Waals surface area contributed by atoms with E-state index in [1.54, 1.807) is 4.90 Å². The summed E-state index contributed by atoms with van der Waals surface area (Å²) in [7, 11) is 1.86. The van der Waals surface area contributed by atoms with Crippen molar-refractivity contribution in [2.75, 3.05) is 20.1 Å². The fourth-order valence-corrected chi connectivity index (χ4v) is 2.97. The molecule has 1 unspecified atom stereocenters. The number of carboxylic acids is 1. The quantitative estimate of drug-likeness (QED) is 0.776. The Morgan fingerprint density at radius 1 is 1.25 bits per heavy atom. The molecule has 1 aliphatic rings. The molecule has 0 bridgehead atoms. The van der Waals surface area contributed by atoms with Crippen molar-refractivity contribution >= 4 is 11.9 Å². The lowest BCUT2D eigenvalue weighted by atomic mass is 9.94. The summed E-state index contributed by atoms with van der Waals surface area (Å²) < 4.78 is 0. The third-order valence-electron chi connectivity index (χ3n) is 4.22. The van der Waals surface area contributed by atoms with Gasteiger partial charge < -0.3 is 10.0 Å². The Balaban J connectivity index is 2.63. The first-order chi connectivity index (χ1) is 9.47. The molecular formula is C15H28N2O3. The van der Waals surface area contributed by atoms with Gasteiger partial charge in [0.1, 0.15) is 0 Å². The maximum atomic E-state index is 12.5. The average Bonchev–Trinajstić information content (AvgIpc) is 2.45. The van der Waals surface area contributed by atoms with Gasteiger partial charge in [-0.3, -0.25) is 14.5 Å². The van der Waals surface area contributed by atoms with Crippen LogP contribution in [0.4, 0.5) is 0 Å². The molecule has 5 nitrogen and oxygen atoms in total. The molecular weight excluding hydrogens is 256 g/mol. The number of hydrogen-bond donors (Lipinski definition) is 1. The van der Waals surface area contributed by atoms with Crippen LogP contribution in [0.15, 0.2) is 0 Å². The van der Waals surface area contributed by atoms with E-state index in [1.807, 2.05) is 25.8 Å². The Kier molecular flexibility index (Phi) is 6.99. The van der Waals surface area contributed by atoms with Gasteiger partial charge >= 0.3 is 5.97 Å². The van der Waals surface area contributed by atoms with Crippen molar-refractivity contribution in [2.24, 2.45) is 0 Å². The molecule has 0 saturated heterocycles. The Morgan fingerprint density at radius 2 is 1.85 bits per heavy atom. The topological polar surface area (TPSA) is 60.9 Å². The van der Waals surface area contributed by atoms with E-state index in [0.717, 1.165) is 19.3 Å². The van der Waals surface area contributed by atoms with E-state index in [2.05, 4.69) is 0 Å². The Morgan fingerprint density at radius 3 is 2.35 bits per heavy atom. The zero-order valence-corrected chi connectivity index (χ0v) is 13.0. The minimum atomic E-state index is -0.876. The van der Waals surface area contributed by atoms with Crippen LogP contribution >= 0.6 is 0 Å². The summed E-state index contributed by atoms with van der Waals surface area (Å²) in [5, 5.41) is 8.96. The number of likely N-dealkylation sites (N-methyl/N-ethyl adjacent to an activating group) is 1. The lowest BCUT2D eigenvalue weighted by molar-refractivity contribution is -0.142. The highest BCUT2D eigenvalue weighted by atomic mass is 16.4. The van der Waals surface area contributed by atoms with Gasteiger partial charge in [0, 0.05) is 13.1 Å². The molecule has 0 aromatic carbocycles. The molecule has 1 atom stereocenters. The van der Waals surface area contributed by atoms with Gasteiger partial charge in [0.05, 0.1) is 12.6 Å². The largest absolute Gasteiger partial charge is 0.480 e. The zero-order valence-electron chi connectivity index (χ0n) is 13.0. The standard InChI is InChI=1S/C15H28N2O3/c1-4-10-17(11-14(18)19)12(2)15(20)16(3)13-8-6-5-7-9-13/h12-13H,4-11H2,1-3H3,(H,18,19). The van der Waals surface area contributed by atoms with Crippen molar-refractivity contribution in [3.8, 4) is 0 Å². The van der Waals surface area contributed by atoms with E-state index >= 15 is 0 Å². The summed E-state index contributed by atoms with van der Waals surface area (Å²) in [6.07, 6.45) is 6.62. The van der Waals surface area contributed by atoms with Gasteiger partial charge in [-0.15, -0.1) is 0 Å². The molecule has 0 aromatic rings. The van der Waals surface area contributed by atoms with Gasteiger partial charge in [-0.25, -0.2) is 0 Å². The van der Waals surface area contributed by atoms with Gasteiger partial charge in [0.15, 0.2) is 0 Å². The molecule has 1 rings (SSSR count). The van der Waals surface area contributed by atoms with Crippen molar-refractivity contribution < 1.29 is 14.7 Å². The Hall–Kier alpha value is -1.10. The molecule has 0 radical (unpaired) electrons. The summed E-state index contributed by atoms with van der Waals surface area (Å²) in [6, 6.07) is -0.0371. The van der Waals surface area contributed by atoms with Crippen LogP contribution in [-0.4, -0.2) is 59.0 Å². The normalized spacial score (nSPS) is 18.0. The van der Waals surface area contributed by atoms with E-state index in [4.69, 9.17) is 5.11 Å². The highest BCUT2D eigenvalue weighted by Crippen LogP contribution is 2.22. The molecule has 0 aliphatic heterocycles. The average molecular weight is 284 g/mol. The number of nitrogens with zero attached hydrogens (tertiary/aromatic N) is 2. The van der Waals surface area contributed by atoms with E-state index in [0.29, 0.717) is 12.6 Å². The van der Waals surface area contributed by atoms with Crippen LogP contribution in [0.25, 0.3) is 0 Å². The second-order valence-corrected chi connectivity index (χ2v) is 5.78. The summed E-state index contributed by atoms with van der Waals surface area (Å²) in [5.74, 6) is -0.829. The number of hydrogen-bond acceptors (Lipinski definition) is 3. The highest BCUT2D eigenvalue weighted by Gasteiger charge is 2.29. The Bertz CT molecular complexity index is 327. The summed E-state index contributed by atoms with van der Waals surface area (Å²) in [5.41, 5.74) is 0. The third-order valence-corrected chi connectivity index (χ3v) is 4.22. The second kappa shape index (κ2) is 8.25. The molecule has 0 aromatic heterocycles. The lowest BCUT2D eigenvalue weighted by Gasteiger charge is -2.35. The first-order valence-corrected chi connectivity index (χ1v) is 7.69. The molecule has 116 valence electrons. The number of carbonyl (C=O) groups excluding carboxylic acids is 1. The van der Waals surface area contributed by atoms with Crippen molar-refractivity contribution in [1.82, 2.24) is 9.80 Å². The molecule has 0 heterocycles. The van der Waals surface area contributed by atoms with Crippen LogP contribution in [0.3, 0.4) is 0 Å². The molecule has 1 N–H and O–H groups in total. The van der Waals surface area contributed by atoms with Gasteiger partial charge in [-0.1, -0.05) is 26.2 Å². The predicted molar refractivity (Wildman–Crippen MR) is 78.6 cm³/mol. The smallest absolute Gasteiger partial charge is 0.317 e. The van der Waals surface area contributed by atoms with Crippen molar-refractivity contribution in [3.63, 3.8) is 0 Å². The summed E-state index contributed by atoms with van der Waals surface area (Å²) in [4.78, 5) is 27.0. The number of carboxylic acid groups (broad SMARTS) is 1. The van der Waals surface area contributed by atoms with Crippen LogP contribution in [0.2, 0.25) is 0 Å². The number of amides is 1. The van der Waals surface area contributed by atoms with Gasteiger partial charge in [-0.05, 0) is 32.7 Å². The first kappa shape index (κ1) is 17.0. The number of carbonyl (C=O) groups is 2. The van der Waals surface area contributed by atoms with Crippen molar-refractivity contribution in [2.45, 2.75) is 64.5 Å². The van der Waals surface area contributed by atoms with Crippen LogP contribution in [0.5, 0.6) is 0 Å². The first-order valence-electron chi connectivity index (χ1n) is 7.69. The molecule has 1 aliphatic carbocycles. The van der Waals surface area contributed by atoms with Crippen LogP contribution < -0.4 is 0 Å². The Labute approximate surface area is 121 Å². The zero-order chi connectivity index (χ0) is 15.1. The van der Waals surface area contributed by atoms with Crippen LogP contribution in [0.1, 0.15) is 52.4 Å². The minimum Gasteiger partial charge on any atom is -0.480 e. The molecule has 20 heavy (non-hydrogen) atoms. The maximum Gasteiger partial charge on any atom is 0.317 e. The summed E-state index contributed by atoms with van der Waals surface area (Å²) in [6.45, 7) is 4.38. The monoisotopic (exact) mass is 284 g/mol. The highest BCUT2D eigenvalue weighted by molar-refractivity contribution is 5.82. The van der Waals surface area contributed by atoms with E-state index in [1.165, 1.54) is 19.3 Å². The van der Waals surface area contributed by atoms with Gasteiger partial charge in [-0.2, -0.15) is 0 Å². The second-order valence-electron chi connectivity index (χ2n) is 5.78. The van der Waals surface area contributed by atoms with E-state index in [9.17, 15) is 9.59 Å². The lowest BCUT2D eigenvalue weighted by Crippen LogP contribution is -2.50. The van der Waals surface area contributed by atoms with Crippen molar-refractivity contribution in [1.29, 1.82) is 0 Å². The van der Waals surface area contributed by atoms with E-state index < -0.39 is 5.97 Å². The van der Waals surface area contributed by atoms with Crippen LogP contribution in [-0.2, 0) is 9.59 Å². The molecule has 1 fully saturated rings. The number of aliphatic carboxylic acids is 1. The molecule has 1 amide bonds. The summed E-state index contributed by atoms with van der Waals surface area (Å²) >= 11 is 0. The molecule has 1 saturated carbocycles. The van der Waals surface area contributed by atoms with Gasteiger partial charge in [0.25, 0.3) is 0 Å². The maximum absolute atomic E-state index is 12.5. The molecule has 5 heteroatoms. The predicted octanol–water partition coefficient (Wildman–Crippen LogP) is 1.96.